The molecule has 0 saturated carbocycles. The number of likely N-dealkylation sites (tertiary alicyclic amines) is 1. The van der Waals surface area contributed by atoms with E-state index >= 15 is 0 Å². The molecular weight excluding hydrogens is 339 g/mol. The molecule has 1 aliphatic heterocycles. The molecule has 0 aliphatic carbocycles. The molecule has 1 amide bonds. The van der Waals surface area contributed by atoms with Crippen molar-refractivity contribution in [3.8, 4) is 0 Å². The van der Waals surface area contributed by atoms with Crippen molar-refractivity contribution in [3.05, 3.63) is 34.9 Å². The minimum absolute atomic E-state index is 0. The van der Waals surface area contributed by atoms with Gasteiger partial charge in [0.05, 0.1) is 12.7 Å². The molecule has 1 aliphatic rings. The van der Waals surface area contributed by atoms with Gasteiger partial charge in [-0.2, -0.15) is 0 Å². The minimum atomic E-state index is -0.609. The molecule has 5 nitrogen and oxygen atoms in total. The van der Waals surface area contributed by atoms with Crippen molar-refractivity contribution in [2.75, 3.05) is 26.8 Å². The number of carbonyl (C=O) groups excluding carboxylic acids is 1. The Kier molecular flexibility index (Phi) is 8.29. The first-order chi connectivity index (χ1) is 10.5. The number of nitrogens with two attached hydrogens (primary N) is 1. The van der Waals surface area contributed by atoms with Crippen molar-refractivity contribution < 1.29 is 14.6 Å². The topological polar surface area (TPSA) is 75.8 Å². The van der Waals surface area contributed by atoms with E-state index in [0.29, 0.717) is 18.1 Å². The quantitative estimate of drug-likeness (QED) is 0.839. The lowest BCUT2D eigenvalue weighted by Gasteiger charge is -2.35. The lowest BCUT2D eigenvalue weighted by atomic mass is 9.87. The third-order valence-corrected chi connectivity index (χ3v) is 4.42. The Balaban J connectivity index is 0.00000264. The Morgan fingerprint density at radius 2 is 1.96 bits per heavy atom. The Bertz CT molecular complexity index is 491. The van der Waals surface area contributed by atoms with Crippen molar-refractivity contribution in [2.45, 2.75) is 25.0 Å². The number of rotatable bonds is 5. The number of ether oxygens (including phenoxy) is 1. The molecule has 2 unspecified atom stereocenters. The largest absolute Gasteiger partial charge is 0.388 e. The number of piperidine rings is 1. The number of hydrogen-bond donors (Lipinski definition) is 2. The summed E-state index contributed by atoms with van der Waals surface area (Å²) in [4.78, 5) is 13.9. The smallest absolute Gasteiger partial charge is 0.241 e. The van der Waals surface area contributed by atoms with E-state index in [0.717, 1.165) is 18.4 Å². The molecule has 0 aromatic heterocycles. The predicted octanol–water partition coefficient (Wildman–Crippen LogP) is 2.01. The van der Waals surface area contributed by atoms with Crippen molar-refractivity contribution >= 4 is 29.9 Å². The van der Waals surface area contributed by atoms with Gasteiger partial charge < -0.3 is 20.5 Å². The third-order valence-electron chi connectivity index (χ3n) is 4.17. The maximum absolute atomic E-state index is 12.1. The number of benzene rings is 1. The fraction of sp³-hybridized carbons (Fsp3) is 0.562. The Hall–Kier alpha value is -0.850. The van der Waals surface area contributed by atoms with Gasteiger partial charge in [0.1, 0.15) is 6.04 Å². The van der Waals surface area contributed by atoms with Crippen LogP contribution in [0.2, 0.25) is 5.02 Å². The van der Waals surface area contributed by atoms with Crippen LogP contribution in [0.5, 0.6) is 0 Å². The molecule has 1 heterocycles. The Morgan fingerprint density at radius 3 is 2.48 bits per heavy atom. The molecule has 1 aromatic rings. The van der Waals surface area contributed by atoms with Crippen LogP contribution in [-0.4, -0.2) is 48.8 Å². The van der Waals surface area contributed by atoms with E-state index in [9.17, 15) is 9.90 Å². The van der Waals surface area contributed by atoms with Gasteiger partial charge in [0.25, 0.3) is 0 Å². The van der Waals surface area contributed by atoms with Gasteiger partial charge in [0.15, 0.2) is 0 Å². The molecule has 23 heavy (non-hydrogen) atoms. The number of halogens is 2. The monoisotopic (exact) mass is 362 g/mol. The standard InChI is InChI=1S/C16H23ClN2O3.ClH/c1-22-10-14(18)16(21)19-8-6-12(7-9-19)15(20)11-2-4-13(17)5-3-11;/h2-5,12,14-15,20H,6-10,18H2,1H3;1H. The van der Waals surface area contributed by atoms with Crippen LogP contribution < -0.4 is 5.73 Å². The van der Waals surface area contributed by atoms with E-state index in [1.165, 1.54) is 7.11 Å². The first-order valence-electron chi connectivity index (χ1n) is 7.49. The molecule has 130 valence electrons. The van der Waals surface area contributed by atoms with Gasteiger partial charge in [-0.25, -0.2) is 0 Å². The average Bonchev–Trinajstić information content (AvgIpc) is 2.54. The van der Waals surface area contributed by atoms with Crippen LogP contribution in [0.15, 0.2) is 24.3 Å². The number of carbonyl (C=O) groups is 1. The number of amides is 1. The summed E-state index contributed by atoms with van der Waals surface area (Å²) in [5.74, 6) is 0.0603. The fourth-order valence-electron chi connectivity index (χ4n) is 2.85. The SMILES string of the molecule is COCC(N)C(=O)N1CCC(C(O)c2ccc(Cl)cc2)CC1.Cl. The van der Waals surface area contributed by atoms with E-state index in [2.05, 4.69) is 0 Å². The van der Waals surface area contributed by atoms with Crippen LogP contribution in [0.3, 0.4) is 0 Å². The first-order valence-corrected chi connectivity index (χ1v) is 7.87. The van der Waals surface area contributed by atoms with Gasteiger partial charge in [-0.1, -0.05) is 23.7 Å². The van der Waals surface area contributed by atoms with Crippen LogP contribution in [0, 0.1) is 5.92 Å². The number of hydrogen-bond acceptors (Lipinski definition) is 4. The molecule has 7 heteroatoms. The second kappa shape index (κ2) is 9.45. The lowest BCUT2D eigenvalue weighted by molar-refractivity contribution is -0.135. The molecule has 2 atom stereocenters. The number of aliphatic hydroxyl groups is 1. The highest BCUT2D eigenvalue weighted by Gasteiger charge is 2.30. The minimum Gasteiger partial charge on any atom is -0.388 e. The Labute approximate surface area is 148 Å². The highest BCUT2D eigenvalue weighted by Crippen LogP contribution is 2.31. The normalized spacial score (nSPS) is 18.2. The molecule has 2 rings (SSSR count). The molecule has 1 saturated heterocycles. The van der Waals surface area contributed by atoms with Gasteiger partial charge in [-0.15, -0.1) is 12.4 Å². The maximum atomic E-state index is 12.1. The van der Waals surface area contributed by atoms with E-state index in [-0.39, 0.29) is 30.8 Å². The summed E-state index contributed by atoms with van der Waals surface area (Å²) in [7, 11) is 1.53. The van der Waals surface area contributed by atoms with Gasteiger partial charge in [-0.3, -0.25) is 4.79 Å². The molecule has 0 radical (unpaired) electrons. The number of methoxy groups -OCH3 is 1. The summed E-state index contributed by atoms with van der Waals surface area (Å²) in [6.45, 7) is 1.46. The van der Waals surface area contributed by atoms with Crippen molar-refractivity contribution in [3.63, 3.8) is 0 Å². The second-order valence-corrected chi connectivity index (χ2v) is 6.16. The maximum Gasteiger partial charge on any atom is 0.241 e. The van der Waals surface area contributed by atoms with E-state index in [1.807, 2.05) is 12.1 Å². The zero-order valence-electron chi connectivity index (χ0n) is 13.2. The molecule has 1 aromatic carbocycles. The third kappa shape index (κ3) is 5.33. The van der Waals surface area contributed by atoms with E-state index < -0.39 is 12.1 Å². The van der Waals surface area contributed by atoms with Crippen LogP contribution >= 0.6 is 24.0 Å². The van der Waals surface area contributed by atoms with Gasteiger partial charge in [-0.05, 0) is 36.5 Å². The summed E-state index contributed by atoms with van der Waals surface area (Å²) < 4.78 is 4.92. The lowest BCUT2D eigenvalue weighted by Crippen LogP contribution is -2.49. The van der Waals surface area contributed by atoms with E-state index in [4.69, 9.17) is 22.1 Å². The first kappa shape index (κ1) is 20.2. The highest BCUT2D eigenvalue weighted by molar-refractivity contribution is 6.30. The van der Waals surface area contributed by atoms with Crippen LogP contribution in [-0.2, 0) is 9.53 Å². The molecule has 1 fully saturated rings. The summed E-state index contributed by atoms with van der Waals surface area (Å²) >= 11 is 5.86. The Morgan fingerprint density at radius 1 is 1.39 bits per heavy atom. The summed E-state index contributed by atoms with van der Waals surface area (Å²) in [5.41, 5.74) is 6.65. The fourth-order valence-corrected chi connectivity index (χ4v) is 2.98. The van der Waals surface area contributed by atoms with Gasteiger partial charge >= 0.3 is 0 Å². The zero-order chi connectivity index (χ0) is 16.1. The van der Waals surface area contributed by atoms with E-state index in [1.54, 1.807) is 17.0 Å². The van der Waals surface area contributed by atoms with Gasteiger partial charge in [0, 0.05) is 25.2 Å². The van der Waals surface area contributed by atoms with Gasteiger partial charge in [0.2, 0.25) is 5.91 Å². The summed E-state index contributed by atoms with van der Waals surface area (Å²) in [5, 5.41) is 11.1. The average molecular weight is 363 g/mol. The number of nitrogens with zero attached hydrogens (tertiary/aromatic N) is 1. The highest BCUT2D eigenvalue weighted by atomic mass is 35.5. The molecule has 3 N–H and O–H groups in total. The summed E-state index contributed by atoms with van der Waals surface area (Å²) in [6, 6.07) is 6.64. The zero-order valence-corrected chi connectivity index (χ0v) is 14.7. The predicted molar refractivity (Wildman–Crippen MR) is 92.8 cm³/mol. The van der Waals surface area contributed by atoms with Crippen LogP contribution in [0.1, 0.15) is 24.5 Å². The number of aliphatic hydroxyl groups excluding tert-OH is 1. The van der Waals surface area contributed by atoms with Crippen molar-refractivity contribution in [1.29, 1.82) is 0 Å². The van der Waals surface area contributed by atoms with Crippen molar-refractivity contribution in [1.82, 2.24) is 4.90 Å². The van der Waals surface area contributed by atoms with Crippen molar-refractivity contribution in [2.24, 2.45) is 11.7 Å². The second-order valence-electron chi connectivity index (χ2n) is 5.72. The van der Waals surface area contributed by atoms with Crippen LogP contribution in [0.25, 0.3) is 0 Å². The van der Waals surface area contributed by atoms with Crippen LogP contribution in [0.4, 0.5) is 0 Å². The molecule has 0 spiro atoms. The molecular formula is C16H24Cl2N2O3. The summed E-state index contributed by atoms with van der Waals surface area (Å²) in [6.07, 6.45) is 0.993. The molecule has 0 bridgehead atoms.